The molecule has 4 heteroatoms. The second-order valence-corrected chi connectivity index (χ2v) is 3.51. The first-order chi connectivity index (χ1) is 6.02. The molecule has 0 spiro atoms. The summed E-state index contributed by atoms with van der Waals surface area (Å²) >= 11 is 3.10. The van der Waals surface area contributed by atoms with Crippen LogP contribution >= 0.6 is 15.9 Å². The molecule has 0 aromatic carbocycles. The highest BCUT2D eigenvalue weighted by molar-refractivity contribution is 9.11. The molecule has 0 unspecified atom stereocenters. The average Bonchev–Trinajstić information content (AvgIpc) is 2.24. The third-order valence-corrected chi connectivity index (χ3v) is 1.81. The molecule has 13 heavy (non-hydrogen) atoms. The van der Waals surface area contributed by atoms with E-state index in [1.807, 2.05) is 0 Å². The first-order valence-electron chi connectivity index (χ1n) is 3.52. The van der Waals surface area contributed by atoms with Crippen molar-refractivity contribution in [3.8, 4) is 0 Å². The number of carbonyl (C=O) groups excluding carboxylic acids is 2. The van der Waals surface area contributed by atoms with E-state index in [0.717, 1.165) is 0 Å². The Labute approximate surface area is 83.9 Å². The van der Waals surface area contributed by atoms with Gasteiger partial charge in [-0.15, -0.1) is 0 Å². The van der Waals surface area contributed by atoms with E-state index in [0.29, 0.717) is 10.1 Å². The van der Waals surface area contributed by atoms with E-state index in [2.05, 4.69) is 27.2 Å². The Morgan fingerprint density at radius 1 is 1.46 bits per heavy atom. The summed E-state index contributed by atoms with van der Waals surface area (Å²) in [5, 5.41) is 0. The molecule has 0 N–H and O–H groups in total. The van der Waals surface area contributed by atoms with Crippen LogP contribution in [0, 0.1) is 0 Å². The quantitative estimate of drug-likeness (QED) is 0.422. The molecule has 0 saturated heterocycles. The second kappa shape index (κ2) is 3.70. The zero-order valence-corrected chi connectivity index (χ0v) is 8.55. The number of ether oxygens (including phenoxy) is 1. The van der Waals surface area contributed by atoms with E-state index in [1.165, 1.54) is 6.08 Å². The number of esters is 2. The lowest BCUT2D eigenvalue weighted by atomic mass is 10.1. The van der Waals surface area contributed by atoms with Crippen LogP contribution in [0.25, 0.3) is 0 Å². The van der Waals surface area contributed by atoms with Crippen LogP contribution in [0.4, 0.5) is 0 Å². The van der Waals surface area contributed by atoms with Gasteiger partial charge in [0.25, 0.3) is 0 Å². The Bertz CT molecular complexity index is 350. The van der Waals surface area contributed by atoms with Gasteiger partial charge in [-0.05, 0) is 19.1 Å². The predicted molar refractivity (Wildman–Crippen MR) is 51.0 cm³/mol. The predicted octanol–water partition coefficient (Wildman–Crippen LogP) is 1.85. The van der Waals surface area contributed by atoms with Crippen molar-refractivity contribution < 1.29 is 14.3 Å². The van der Waals surface area contributed by atoms with Crippen LogP contribution in [0.15, 0.2) is 34.4 Å². The van der Waals surface area contributed by atoms with Crippen molar-refractivity contribution in [3.05, 3.63) is 34.4 Å². The van der Waals surface area contributed by atoms with Gasteiger partial charge in [0.2, 0.25) is 0 Å². The van der Waals surface area contributed by atoms with Gasteiger partial charge >= 0.3 is 11.9 Å². The lowest BCUT2D eigenvalue weighted by molar-refractivity contribution is -0.150. The van der Waals surface area contributed by atoms with E-state index in [4.69, 9.17) is 0 Å². The normalized spacial score (nSPS) is 17.1. The van der Waals surface area contributed by atoms with Gasteiger partial charge in [-0.25, -0.2) is 9.59 Å². The number of hydrogen-bond acceptors (Lipinski definition) is 3. The molecule has 0 atom stereocenters. The topological polar surface area (TPSA) is 43.4 Å². The van der Waals surface area contributed by atoms with E-state index in [1.54, 1.807) is 13.0 Å². The summed E-state index contributed by atoms with van der Waals surface area (Å²) in [4.78, 5) is 21.9. The maximum absolute atomic E-state index is 11.0. The van der Waals surface area contributed by atoms with Crippen LogP contribution in [-0.4, -0.2) is 11.9 Å². The molecule has 0 amide bonds. The van der Waals surface area contributed by atoms with Gasteiger partial charge in [0.05, 0.1) is 5.57 Å². The molecule has 68 valence electrons. The maximum atomic E-state index is 11.0. The number of allylic oxidation sites excluding steroid dienone is 2. The molecule has 0 fully saturated rings. The molecule has 0 bridgehead atoms. The Morgan fingerprint density at radius 2 is 2.08 bits per heavy atom. The third-order valence-electron chi connectivity index (χ3n) is 1.55. The molecule has 0 radical (unpaired) electrons. The van der Waals surface area contributed by atoms with Crippen molar-refractivity contribution in [1.29, 1.82) is 0 Å². The van der Waals surface area contributed by atoms with Gasteiger partial charge in [-0.3, -0.25) is 0 Å². The van der Waals surface area contributed by atoms with Crippen molar-refractivity contribution in [1.82, 2.24) is 0 Å². The molecular weight excluding hydrogens is 236 g/mol. The van der Waals surface area contributed by atoms with E-state index < -0.39 is 11.9 Å². The largest absolute Gasteiger partial charge is 0.386 e. The molecule has 0 aromatic heterocycles. The summed E-state index contributed by atoms with van der Waals surface area (Å²) < 4.78 is 5.00. The van der Waals surface area contributed by atoms with Gasteiger partial charge in [-0.2, -0.15) is 0 Å². The first kappa shape index (κ1) is 9.92. The number of halogens is 1. The fourth-order valence-corrected chi connectivity index (χ4v) is 0.978. The minimum absolute atomic E-state index is 0.283. The SMILES string of the molecule is C=C(Br)/C=C\C1=C(C)C(=O)OC1=O. The lowest BCUT2D eigenvalue weighted by Crippen LogP contribution is -2.00. The van der Waals surface area contributed by atoms with Crippen LogP contribution in [-0.2, 0) is 14.3 Å². The molecule has 3 nitrogen and oxygen atoms in total. The monoisotopic (exact) mass is 242 g/mol. The summed E-state index contributed by atoms with van der Waals surface area (Å²) in [6, 6.07) is 0. The van der Waals surface area contributed by atoms with Crippen molar-refractivity contribution in [2.75, 3.05) is 0 Å². The molecular formula is C9H7BrO3. The average molecular weight is 243 g/mol. The Kier molecular flexibility index (Phi) is 2.83. The standard InChI is InChI=1S/C9H7BrO3/c1-5(10)3-4-7-6(2)8(11)13-9(7)12/h3-4H,1H2,2H3/b4-3-. The highest BCUT2D eigenvalue weighted by Crippen LogP contribution is 2.18. The molecule has 0 aromatic rings. The fourth-order valence-electron chi connectivity index (χ4n) is 0.846. The summed E-state index contributed by atoms with van der Waals surface area (Å²) in [6.45, 7) is 5.10. The number of carbonyl (C=O) groups is 2. The summed E-state index contributed by atoms with van der Waals surface area (Å²) in [5.41, 5.74) is 0.612. The van der Waals surface area contributed by atoms with Crippen molar-refractivity contribution in [3.63, 3.8) is 0 Å². The third kappa shape index (κ3) is 2.15. The van der Waals surface area contributed by atoms with Crippen molar-refractivity contribution >= 4 is 27.9 Å². The Morgan fingerprint density at radius 3 is 2.46 bits per heavy atom. The minimum Gasteiger partial charge on any atom is -0.386 e. The first-order valence-corrected chi connectivity index (χ1v) is 4.31. The van der Waals surface area contributed by atoms with E-state index in [-0.39, 0.29) is 5.57 Å². The van der Waals surface area contributed by atoms with Crippen LogP contribution in [0.1, 0.15) is 6.92 Å². The number of hydrogen-bond donors (Lipinski definition) is 0. The highest BCUT2D eigenvalue weighted by atomic mass is 79.9. The van der Waals surface area contributed by atoms with Gasteiger partial charge in [0, 0.05) is 10.1 Å². The van der Waals surface area contributed by atoms with Gasteiger partial charge < -0.3 is 4.74 Å². The Balaban J connectivity index is 2.96. The van der Waals surface area contributed by atoms with Gasteiger partial charge in [0.1, 0.15) is 0 Å². The molecule has 0 aliphatic carbocycles. The van der Waals surface area contributed by atoms with Crippen molar-refractivity contribution in [2.24, 2.45) is 0 Å². The van der Waals surface area contributed by atoms with Crippen LogP contribution < -0.4 is 0 Å². The van der Waals surface area contributed by atoms with E-state index in [9.17, 15) is 9.59 Å². The molecule has 1 aliphatic heterocycles. The summed E-state index contributed by atoms with van der Waals surface area (Å²) in [5.74, 6) is -1.18. The minimum atomic E-state index is -0.604. The molecule has 1 heterocycles. The van der Waals surface area contributed by atoms with Crippen LogP contribution in [0.5, 0.6) is 0 Å². The summed E-state index contributed by atoms with van der Waals surface area (Å²) in [7, 11) is 0. The molecule has 0 saturated carbocycles. The number of cyclic esters (lactones) is 2. The zero-order valence-electron chi connectivity index (χ0n) is 6.96. The molecule has 1 rings (SSSR count). The van der Waals surface area contributed by atoms with Crippen LogP contribution in [0.3, 0.4) is 0 Å². The van der Waals surface area contributed by atoms with Crippen LogP contribution in [0.2, 0.25) is 0 Å². The number of rotatable bonds is 2. The van der Waals surface area contributed by atoms with Gasteiger partial charge in [-0.1, -0.05) is 22.5 Å². The fraction of sp³-hybridized carbons (Fsp3) is 0.111. The maximum Gasteiger partial charge on any atom is 0.346 e. The zero-order chi connectivity index (χ0) is 10.0. The summed E-state index contributed by atoms with van der Waals surface area (Å²) in [6.07, 6.45) is 3.08. The highest BCUT2D eigenvalue weighted by Gasteiger charge is 2.27. The smallest absolute Gasteiger partial charge is 0.346 e. The van der Waals surface area contributed by atoms with Gasteiger partial charge in [0.15, 0.2) is 0 Å². The molecule has 1 aliphatic rings. The lowest BCUT2D eigenvalue weighted by Gasteiger charge is -1.88. The second-order valence-electron chi connectivity index (χ2n) is 2.50. The van der Waals surface area contributed by atoms with Crippen molar-refractivity contribution in [2.45, 2.75) is 6.92 Å². The Hall–Kier alpha value is -1.16. The van der Waals surface area contributed by atoms with E-state index >= 15 is 0 Å².